The second-order valence-electron chi connectivity index (χ2n) is 4.40. The van der Waals surface area contributed by atoms with E-state index in [4.69, 9.17) is 0 Å². The second kappa shape index (κ2) is 13.6. The molecule has 0 aliphatic carbocycles. The molecular weight excluding hydrogens is 489 g/mol. The van der Waals surface area contributed by atoms with Gasteiger partial charge in [0.1, 0.15) is 0 Å². The van der Waals surface area contributed by atoms with Crippen molar-refractivity contribution in [2.45, 2.75) is 51.4 Å². The Morgan fingerprint density at radius 2 is 0.842 bits per heavy atom. The van der Waals surface area contributed by atoms with E-state index in [1.54, 1.807) is 0 Å². The minimum atomic E-state index is 0. The minimum Gasteiger partial charge on any atom is 0 e. The van der Waals surface area contributed by atoms with Crippen molar-refractivity contribution >= 4 is 21.1 Å². The van der Waals surface area contributed by atoms with E-state index in [1.165, 1.54) is 33.4 Å². The third-order valence-corrected chi connectivity index (χ3v) is 3.36. The molecule has 0 aliphatic heterocycles. The summed E-state index contributed by atoms with van der Waals surface area (Å²) in [7, 11) is 0. The molecule has 0 nitrogen and oxygen atoms in total. The molecule has 0 atom stereocenters. The van der Waals surface area contributed by atoms with Crippen molar-refractivity contribution in [2.24, 2.45) is 0 Å². The summed E-state index contributed by atoms with van der Waals surface area (Å²) in [6, 6.07) is 0. The smallest absolute Gasteiger partial charge is 0 e. The third kappa shape index (κ3) is 7.18. The van der Waals surface area contributed by atoms with Crippen LogP contribution in [0.2, 0.25) is 9.88 Å². The Morgan fingerprint density at radius 1 is 0.632 bits per heavy atom. The molecule has 0 amide bonds. The average molecular weight is 515 g/mol. The zero-order valence-electron chi connectivity index (χ0n) is 13.8. The fraction of sp³-hybridized carbons (Fsp3) is 0.500. The molecule has 0 saturated heterocycles. The molecule has 0 spiro atoms. The van der Waals surface area contributed by atoms with E-state index >= 15 is 0 Å². The quantitative estimate of drug-likeness (QED) is 0.391. The number of rotatable bonds is 2. The van der Waals surface area contributed by atoms with Gasteiger partial charge in [0.05, 0.1) is 0 Å². The molecule has 1 rings (SSSR count). The van der Waals surface area contributed by atoms with E-state index in [1.807, 2.05) is 0 Å². The van der Waals surface area contributed by atoms with Crippen molar-refractivity contribution in [1.82, 2.24) is 0 Å². The van der Waals surface area contributed by atoms with Crippen LogP contribution in [0, 0.1) is 40.5 Å². The third-order valence-electron chi connectivity index (χ3n) is 3.36. The average Bonchev–Trinajstić information content (AvgIpc) is 2.31. The first kappa shape index (κ1) is 25.9. The van der Waals surface area contributed by atoms with Gasteiger partial charge >= 0.3 is 31.0 Å². The molecule has 3 heteroatoms. The molecule has 0 saturated carbocycles. The van der Waals surface area contributed by atoms with Crippen molar-refractivity contribution in [1.29, 1.82) is 0 Å². The molecule has 1 aromatic carbocycles. The molecule has 102 valence electrons. The molecule has 1 aromatic rings. The Kier molecular flexibility index (Phi) is 18.6. The van der Waals surface area contributed by atoms with Gasteiger partial charge in [-0.2, -0.15) is 0 Å². The van der Waals surface area contributed by atoms with E-state index in [0.29, 0.717) is 0 Å². The van der Waals surface area contributed by atoms with Crippen LogP contribution in [0.15, 0.2) is 0 Å². The van der Waals surface area contributed by atoms with Gasteiger partial charge in [-0.05, 0) is 0 Å². The first-order valence-electron chi connectivity index (χ1n) is 6.23. The zero-order chi connectivity index (χ0) is 13.6. The maximum absolute atomic E-state index is 2.30. The van der Waals surface area contributed by atoms with Crippen LogP contribution < -0.4 is 0 Å². The van der Waals surface area contributed by atoms with Gasteiger partial charge in [0, 0.05) is 65.4 Å². The monoisotopic (exact) mass is 516 g/mol. The van der Waals surface area contributed by atoms with Gasteiger partial charge < -0.3 is 0 Å². The normalized spacial score (nSPS) is 8.42. The Bertz CT molecular complexity index is 339. The molecule has 19 heavy (non-hydrogen) atoms. The summed E-state index contributed by atoms with van der Waals surface area (Å²) in [5.41, 5.74) is 8.50. The molecule has 4 radical (unpaired) electrons. The van der Waals surface area contributed by atoms with Gasteiger partial charge in [0.25, 0.3) is 0 Å². The molecule has 0 bridgehead atoms. The van der Waals surface area contributed by atoms with Crippen LogP contribution in [-0.2, 0) is 65.4 Å². The summed E-state index contributed by atoms with van der Waals surface area (Å²) < 4.78 is 0. The maximum Gasteiger partial charge on any atom is 0 e. The van der Waals surface area contributed by atoms with Crippen molar-refractivity contribution in [3.05, 3.63) is 46.2 Å². The predicted molar refractivity (Wildman–Crippen MR) is 81.0 cm³/mol. The Morgan fingerprint density at radius 3 is 1.00 bits per heavy atom. The fourth-order valence-electron chi connectivity index (χ4n) is 2.11. The summed E-state index contributed by atoms with van der Waals surface area (Å²) in [5, 5.41) is 0. The first-order chi connectivity index (χ1) is 7.95. The standard InChI is InChI=1S/C14H20.2CH3.Sn.2Y/c1-7-13-11(5)9(3)10(4)12(6)14(13)8-2;;;;;/h7-8H,1-6H3;2*1H3;;;/q-2;;;;;. The van der Waals surface area contributed by atoms with Gasteiger partial charge in [-0.25, -0.2) is 24.0 Å². The number of benzene rings is 1. The summed E-state index contributed by atoms with van der Waals surface area (Å²) in [6.07, 6.45) is 4.42. The summed E-state index contributed by atoms with van der Waals surface area (Å²) >= 11 is 0.230. The Labute approximate surface area is 181 Å². The van der Waals surface area contributed by atoms with E-state index in [9.17, 15) is 0 Å². The van der Waals surface area contributed by atoms with Crippen LogP contribution in [0.4, 0.5) is 0 Å². The maximum atomic E-state index is 2.30. The van der Waals surface area contributed by atoms with Gasteiger partial charge in [-0.15, -0.1) is 25.0 Å². The number of hydrogen-bond donors (Lipinski definition) is 0. The zero-order valence-corrected chi connectivity index (χ0v) is 22.3. The van der Waals surface area contributed by atoms with Gasteiger partial charge in [-0.1, -0.05) is 27.7 Å². The van der Waals surface area contributed by atoms with Crippen molar-refractivity contribution < 1.29 is 65.4 Å². The molecule has 0 N–H and O–H groups in total. The van der Waals surface area contributed by atoms with Crippen LogP contribution in [0.1, 0.15) is 47.2 Å². The molecular formula is C16H26SnY2-2. The van der Waals surface area contributed by atoms with Crippen molar-refractivity contribution in [3.63, 3.8) is 0 Å². The molecule has 0 aromatic heterocycles. The van der Waals surface area contributed by atoms with Gasteiger partial charge in [0.2, 0.25) is 0 Å². The fourth-order valence-corrected chi connectivity index (χ4v) is 2.11. The molecule has 0 fully saturated rings. The molecule has 0 aliphatic rings. The van der Waals surface area contributed by atoms with E-state index in [-0.39, 0.29) is 86.6 Å². The van der Waals surface area contributed by atoms with E-state index in [0.717, 1.165) is 0 Å². The van der Waals surface area contributed by atoms with Crippen LogP contribution >= 0.6 is 0 Å². The number of hydrogen-bond acceptors (Lipinski definition) is 0. The van der Waals surface area contributed by atoms with Crippen molar-refractivity contribution in [3.8, 4) is 0 Å². The summed E-state index contributed by atoms with van der Waals surface area (Å²) in [4.78, 5) is 4.59. The molecule has 0 heterocycles. The Balaban J connectivity index is -0.000000468. The van der Waals surface area contributed by atoms with E-state index < -0.39 is 0 Å². The van der Waals surface area contributed by atoms with Gasteiger partial charge in [0.15, 0.2) is 0 Å². The van der Waals surface area contributed by atoms with Crippen molar-refractivity contribution in [2.75, 3.05) is 0 Å². The second-order valence-corrected chi connectivity index (χ2v) is 7.26. The summed E-state index contributed by atoms with van der Waals surface area (Å²) in [5.74, 6) is 0. The van der Waals surface area contributed by atoms with Crippen LogP contribution in [-0.4, -0.2) is 21.1 Å². The predicted octanol–water partition coefficient (Wildman–Crippen LogP) is 4.85. The largest absolute Gasteiger partial charge is 0 e. The van der Waals surface area contributed by atoms with Crippen LogP contribution in [0.25, 0.3) is 0 Å². The topological polar surface area (TPSA) is 0 Å². The van der Waals surface area contributed by atoms with Gasteiger partial charge in [-0.3, -0.25) is 11.1 Å². The Hall–Kier alpha value is 1.97. The van der Waals surface area contributed by atoms with E-state index in [2.05, 4.69) is 64.3 Å². The minimum absolute atomic E-state index is 0. The molecule has 0 unspecified atom stereocenters. The first-order valence-corrected chi connectivity index (χ1v) is 11.9. The van der Waals surface area contributed by atoms with Crippen LogP contribution in [0.3, 0.4) is 0 Å². The van der Waals surface area contributed by atoms with Crippen LogP contribution in [0.5, 0.6) is 0 Å². The summed E-state index contributed by atoms with van der Waals surface area (Å²) in [6.45, 7) is 13.1. The SMILES string of the molecule is C[CH-]c1c(C)c(C)c(C)c(C)c1[CH-]C.[CH3][Sn][CH3].[Y].[Y].